The van der Waals surface area contributed by atoms with E-state index in [0.717, 1.165) is 15.5 Å². The van der Waals surface area contributed by atoms with Crippen LogP contribution in [0.3, 0.4) is 0 Å². The van der Waals surface area contributed by atoms with Gasteiger partial charge in [-0.3, -0.25) is 4.79 Å². The van der Waals surface area contributed by atoms with Crippen LogP contribution in [0.15, 0.2) is 35.3 Å². The van der Waals surface area contributed by atoms with Gasteiger partial charge >= 0.3 is 5.97 Å². The van der Waals surface area contributed by atoms with Gasteiger partial charge in [0.1, 0.15) is 5.56 Å². The smallest absolute Gasteiger partial charge is 0.341 e. The molecule has 0 radical (unpaired) electrons. The molecule has 0 amide bonds. The first-order chi connectivity index (χ1) is 9.04. The van der Waals surface area contributed by atoms with Crippen LogP contribution in [-0.4, -0.2) is 20.9 Å². The summed E-state index contributed by atoms with van der Waals surface area (Å²) < 4.78 is 2.57. The molecule has 0 atom stereocenters. The highest BCUT2D eigenvalue weighted by atomic mass is 127. The third-order valence-corrected chi connectivity index (χ3v) is 3.42. The normalized spacial score (nSPS) is 10.4. The number of nitrogens with zero attached hydrogens (tertiary/aromatic N) is 2. The predicted molar refractivity (Wildman–Crippen MR) is 78.9 cm³/mol. The van der Waals surface area contributed by atoms with E-state index in [1.54, 1.807) is 6.92 Å². The van der Waals surface area contributed by atoms with Crippen molar-refractivity contribution in [2.45, 2.75) is 13.3 Å². The minimum absolute atomic E-state index is 0.212. The fourth-order valence-corrected chi connectivity index (χ4v) is 2.21. The number of rotatable bonds is 3. The molecule has 0 unspecified atom stereocenters. The van der Waals surface area contributed by atoms with Crippen molar-refractivity contribution in [1.29, 1.82) is 0 Å². The lowest BCUT2D eigenvalue weighted by Gasteiger charge is -2.12. The SMILES string of the molecule is CCc1c(C(=O)O)c(=O)cnn1-c1ccc(I)cc1. The van der Waals surface area contributed by atoms with Crippen LogP contribution in [0.5, 0.6) is 0 Å². The van der Waals surface area contributed by atoms with Crippen LogP contribution in [0.2, 0.25) is 0 Å². The average Bonchev–Trinajstić information content (AvgIpc) is 2.39. The molecule has 0 saturated carbocycles. The summed E-state index contributed by atoms with van der Waals surface area (Å²) >= 11 is 2.18. The van der Waals surface area contributed by atoms with Gasteiger partial charge in [-0.1, -0.05) is 6.92 Å². The van der Waals surface area contributed by atoms with Gasteiger partial charge in [0.25, 0.3) is 0 Å². The summed E-state index contributed by atoms with van der Waals surface area (Å²) in [7, 11) is 0. The van der Waals surface area contributed by atoms with Gasteiger partial charge in [-0.2, -0.15) is 5.10 Å². The fraction of sp³-hybridized carbons (Fsp3) is 0.154. The molecular formula is C13H11IN2O3. The number of hydrogen-bond donors (Lipinski definition) is 1. The molecule has 5 nitrogen and oxygen atoms in total. The van der Waals surface area contributed by atoms with E-state index in [0.29, 0.717) is 12.1 Å². The molecule has 0 bridgehead atoms. The Morgan fingerprint density at radius 3 is 2.53 bits per heavy atom. The first kappa shape index (κ1) is 13.7. The number of aromatic nitrogens is 2. The van der Waals surface area contributed by atoms with Gasteiger partial charge in [-0.05, 0) is 53.3 Å². The molecule has 0 fully saturated rings. The summed E-state index contributed by atoms with van der Waals surface area (Å²) in [6.07, 6.45) is 1.46. The highest BCUT2D eigenvalue weighted by Gasteiger charge is 2.17. The van der Waals surface area contributed by atoms with Gasteiger partial charge in [-0.15, -0.1) is 0 Å². The van der Waals surface area contributed by atoms with E-state index in [1.807, 2.05) is 24.3 Å². The van der Waals surface area contributed by atoms with E-state index in [4.69, 9.17) is 5.11 Å². The first-order valence-corrected chi connectivity index (χ1v) is 6.73. The monoisotopic (exact) mass is 370 g/mol. The van der Waals surface area contributed by atoms with E-state index in [-0.39, 0.29) is 5.56 Å². The van der Waals surface area contributed by atoms with E-state index in [2.05, 4.69) is 27.7 Å². The van der Waals surface area contributed by atoms with Crippen molar-refractivity contribution in [2.24, 2.45) is 0 Å². The molecule has 1 heterocycles. The Hall–Kier alpha value is -1.70. The molecule has 0 spiro atoms. The number of carbonyl (C=O) groups is 1. The Morgan fingerprint density at radius 1 is 1.37 bits per heavy atom. The maximum atomic E-state index is 11.6. The second kappa shape index (κ2) is 5.52. The molecule has 0 aliphatic heterocycles. The molecule has 6 heteroatoms. The largest absolute Gasteiger partial charge is 0.477 e. The van der Waals surface area contributed by atoms with Crippen LogP contribution >= 0.6 is 22.6 Å². The van der Waals surface area contributed by atoms with Crippen molar-refractivity contribution in [3.63, 3.8) is 0 Å². The van der Waals surface area contributed by atoms with Gasteiger partial charge in [0, 0.05) is 3.57 Å². The van der Waals surface area contributed by atoms with Crippen molar-refractivity contribution >= 4 is 28.6 Å². The van der Waals surface area contributed by atoms with Crippen LogP contribution in [0.25, 0.3) is 5.69 Å². The summed E-state index contributed by atoms with van der Waals surface area (Å²) in [4.78, 5) is 22.8. The molecule has 1 N–H and O–H groups in total. The summed E-state index contributed by atoms with van der Waals surface area (Å²) in [5.74, 6) is -1.22. The average molecular weight is 370 g/mol. The van der Waals surface area contributed by atoms with Crippen LogP contribution in [0.1, 0.15) is 23.0 Å². The number of hydrogen-bond acceptors (Lipinski definition) is 3. The molecule has 2 aromatic rings. The van der Waals surface area contributed by atoms with Crippen molar-refractivity contribution in [1.82, 2.24) is 9.78 Å². The molecular weight excluding hydrogens is 359 g/mol. The number of halogens is 1. The Morgan fingerprint density at radius 2 is 2.00 bits per heavy atom. The predicted octanol–water partition coefficient (Wildman–Crippen LogP) is 2.10. The van der Waals surface area contributed by atoms with Gasteiger partial charge in [0.15, 0.2) is 0 Å². The number of aromatic carboxylic acids is 1. The molecule has 19 heavy (non-hydrogen) atoms. The van der Waals surface area contributed by atoms with Gasteiger partial charge in [0.2, 0.25) is 5.43 Å². The van der Waals surface area contributed by atoms with Crippen LogP contribution < -0.4 is 5.43 Å². The number of benzene rings is 1. The molecule has 0 aliphatic rings. The van der Waals surface area contributed by atoms with E-state index >= 15 is 0 Å². The van der Waals surface area contributed by atoms with Gasteiger partial charge in [-0.25, -0.2) is 9.48 Å². The molecule has 0 aliphatic carbocycles. The quantitative estimate of drug-likeness (QED) is 0.840. The van der Waals surface area contributed by atoms with Crippen molar-refractivity contribution < 1.29 is 9.90 Å². The van der Waals surface area contributed by atoms with Gasteiger partial charge < -0.3 is 5.11 Å². The Kier molecular flexibility index (Phi) is 3.98. The molecule has 2 rings (SSSR count). The maximum absolute atomic E-state index is 11.6. The number of carboxylic acid groups (broad SMARTS) is 1. The zero-order valence-corrected chi connectivity index (χ0v) is 12.3. The minimum Gasteiger partial charge on any atom is -0.477 e. The Balaban J connectivity index is 2.71. The lowest BCUT2D eigenvalue weighted by molar-refractivity contribution is 0.0693. The van der Waals surface area contributed by atoms with Gasteiger partial charge in [0.05, 0.1) is 17.6 Å². The molecule has 1 aromatic heterocycles. The summed E-state index contributed by atoms with van der Waals surface area (Å²) in [5, 5.41) is 13.2. The third kappa shape index (κ3) is 2.67. The second-order valence-corrected chi connectivity index (χ2v) is 5.12. The number of carboxylic acids is 1. The Labute approximate surface area is 123 Å². The van der Waals surface area contributed by atoms with Crippen molar-refractivity contribution in [2.75, 3.05) is 0 Å². The van der Waals surface area contributed by atoms with Crippen LogP contribution in [0, 0.1) is 3.57 Å². The topological polar surface area (TPSA) is 72.2 Å². The highest BCUT2D eigenvalue weighted by molar-refractivity contribution is 14.1. The Bertz CT molecular complexity index is 677. The second-order valence-electron chi connectivity index (χ2n) is 3.88. The zero-order valence-electron chi connectivity index (χ0n) is 10.1. The molecule has 98 valence electrons. The van der Waals surface area contributed by atoms with Crippen LogP contribution in [-0.2, 0) is 6.42 Å². The molecule has 0 saturated heterocycles. The lowest BCUT2D eigenvalue weighted by atomic mass is 10.1. The van der Waals surface area contributed by atoms with E-state index < -0.39 is 11.4 Å². The minimum atomic E-state index is -1.22. The fourth-order valence-electron chi connectivity index (χ4n) is 1.85. The summed E-state index contributed by atoms with van der Waals surface area (Å²) in [5.41, 5.74) is 0.364. The summed E-state index contributed by atoms with van der Waals surface area (Å²) in [6.45, 7) is 1.80. The first-order valence-electron chi connectivity index (χ1n) is 5.65. The maximum Gasteiger partial charge on any atom is 0.341 e. The van der Waals surface area contributed by atoms with E-state index in [9.17, 15) is 9.59 Å². The lowest BCUT2D eigenvalue weighted by Crippen LogP contribution is -2.23. The van der Waals surface area contributed by atoms with Crippen molar-refractivity contribution in [3.05, 3.63) is 55.5 Å². The third-order valence-electron chi connectivity index (χ3n) is 2.70. The summed E-state index contributed by atoms with van der Waals surface area (Å²) in [6, 6.07) is 7.47. The van der Waals surface area contributed by atoms with Crippen molar-refractivity contribution in [3.8, 4) is 5.69 Å². The van der Waals surface area contributed by atoms with Crippen LogP contribution in [0.4, 0.5) is 0 Å². The highest BCUT2D eigenvalue weighted by Crippen LogP contribution is 2.14. The standard InChI is InChI=1S/C13H11IN2O3/c1-2-10-12(13(18)19)11(17)7-15-16(10)9-5-3-8(14)4-6-9/h3-7H,2H2,1H3,(H,18,19). The zero-order chi connectivity index (χ0) is 14.0. The molecule has 1 aromatic carbocycles. The van der Waals surface area contributed by atoms with E-state index in [1.165, 1.54) is 4.68 Å².